The highest BCUT2D eigenvalue weighted by molar-refractivity contribution is 7.17. The van der Waals surface area contributed by atoms with Crippen LogP contribution in [0.1, 0.15) is 46.4 Å². The van der Waals surface area contributed by atoms with Gasteiger partial charge in [-0.2, -0.15) is 5.10 Å². The Morgan fingerprint density at radius 1 is 1.33 bits per heavy atom. The topological polar surface area (TPSA) is 80.1 Å². The number of hydrogen-bond donors (Lipinski definition) is 1. The van der Waals surface area contributed by atoms with Gasteiger partial charge in [-0.25, -0.2) is 9.67 Å². The summed E-state index contributed by atoms with van der Waals surface area (Å²) in [6.45, 7) is 10.2. The lowest BCUT2D eigenvalue weighted by molar-refractivity contribution is 0.0696. The fourth-order valence-corrected chi connectivity index (χ4v) is 4.65. The first-order chi connectivity index (χ1) is 12.8. The number of rotatable bonds is 5. The van der Waals surface area contributed by atoms with Crippen LogP contribution in [0.3, 0.4) is 0 Å². The molecule has 7 nitrogen and oxygen atoms in total. The van der Waals surface area contributed by atoms with Gasteiger partial charge in [-0.1, -0.05) is 6.92 Å². The van der Waals surface area contributed by atoms with Crippen LogP contribution in [0.5, 0.6) is 0 Å². The molecular weight excluding hydrogens is 362 g/mol. The molecule has 1 aliphatic heterocycles. The highest BCUT2D eigenvalue weighted by atomic mass is 32.1. The quantitative estimate of drug-likeness (QED) is 0.846. The zero-order valence-corrected chi connectivity index (χ0v) is 17.4. The van der Waals surface area contributed by atoms with E-state index in [2.05, 4.69) is 22.3 Å². The third-order valence-electron chi connectivity index (χ3n) is 5.13. The van der Waals surface area contributed by atoms with Crippen LogP contribution in [0.4, 0.5) is 0 Å². The van der Waals surface area contributed by atoms with Gasteiger partial charge in [0.05, 0.1) is 17.0 Å². The second-order valence-electron chi connectivity index (χ2n) is 7.09. The molecule has 2 aromatic rings. The molecule has 0 aromatic carbocycles. The van der Waals surface area contributed by atoms with Gasteiger partial charge in [0.25, 0.3) is 11.5 Å². The van der Waals surface area contributed by atoms with E-state index in [0.717, 1.165) is 43.7 Å². The van der Waals surface area contributed by atoms with Crippen molar-refractivity contribution in [3.63, 3.8) is 0 Å². The maximum Gasteiger partial charge on any atom is 0.277 e. The second kappa shape index (κ2) is 7.90. The first-order valence-electron chi connectivity index (χ1n) is 9.39. The smallest absolute Gasteiger partial charge is 0.277 e. The van der Waals surface area contributed by atoms with E-state index in [-0.39, 0.29) is 17.5 Å². The van der Waals surface area contributed by atoms with Gasteiger partial charge in [-0.15, -0.1) is 11.3 Å². The third-order valence-corrected chi connectivity index (χ3v) is 6.29. The molecule has 1 unspecified atom stereocenters. The van der Waals surface area contributed by atoms with Gasteiger partial charge in [0.1, 0.15) is 9.88 Å². The number of carbonyl (C=O) groups excluding carboxylic acids is 1. The molecule has 0 spiro atoms. The van der Waals surface area contributed by atoms with Crippen molar-refractivity contribution in [2.45, 2.75) is 46.6 Å². The summed E-state index contributed by atoms with van der Waals surface area (Å²) in [5, 5.41) is 8.16. The van der Waals surface area contributed by atoms with Crippen molar-refractivity contribution in [1.82, 2.24) is 25.0 Å². The Labute approximate surface area is 163 Å². The number of thiazole rings is 1. The van der Waals surface area contributed by atoms with E-state index in [0.29, 0.717) is 21.1 Å². The monoisotopic (exact) mass is 389 g/mol. The van der Waals surface area contributed by atoms with Crippen molar-refractivity contribution < 1.29 is 4.79 Å². The van der Waals surface area contributed by atoms with E-state index in [1.807, 2.05) is 25.7 Å². The molecule has 27 heavy (non-hydrogen) atoms. The highest BCUT2D eigenvalue weighted by Crippen LogP contribution is 2.30. The standard InChI is InChI=1S/C19H27N5O2S/c1-6-9-24(14-7-8-20-10-14)19(26)16-13(4)21-17(27-16)15-11(2)12(3)22-23(5)18(15)25/h14,20H,6-10H2,1-5H3. The van der Waals surface area contributed by atoms with E-state index in [1.165, 1.54) is 16.0 Å². The summed E-state index contributed by atoms with van der Waals surface area (Å²) in [6, 6.07) is 0.222. The van der Waals surface area contributed by atoms with Crippen LogP contribution < -0.4 is 10.9 Å². The summed E-state index contributed by atoms with van der Waals surface area (Å²) in [5.41, 5.74) is 2.65. The summed E-state index contributed by atoms with van der Waals surface area (Å²) >= 11 is 1.32. The Bertz CT molecular complexity index is 912. The van der Waals surface area contributed by atoms with Crippen LogP contribution >= 0.6 is 11.3 Å². The summed E-state index contributed by atoms with van der Waals surface area (Å²) in [7, 11) is 1.64. The number of carbonyl (C=O) groups is 1. The Morgan fingerprint density at radius 2 is 2.07 bits per heavy atom. The predicted molar refractivity (Wildman–Crippen MR) is 107 cm³/mol. The lowest BCUT2D eigenvalue weighted by atomic mass is 10.1. The molecule has 1 amide bonds. The highest BCUT2D eigenvalue weighted by Gasteiger charge is 2.30. The minimum atomic E-state index is -0.184. The number of aryl methyl sites for hydroxylation is 3. The van der Waals surface area contributed by atoms with Gasteiger partial charge < -0.3 is 10.2 Å². The molecule has 1 N–H and O–H groups in total. The van der Waals surface area contributed by atoms with Crippen molar-refractivity contribution in [2.75, 3.05) is 19.6 Å². The van der Waals surface area contributed by atoms with E-state index in [1.54, 1.807) is 7.05 Å². The Kier molecular flexibility index (Phi) is 5.76. The fourth-order valence-electron chi connectivity index (χ4n) is 3.53. The molecule has 8 heteroatoms. The van der Waals surface area contributed by atoms with Crippen LogP contribution in [0.15, 0.2) is 4.79 Å². The Balaban J connectivity index is 2.02. The van der Waals surface area contributed by atoms with E-state index < -0.39 is 0 Å². The minimum Gasteiger partial charge on any atom is -0.334 e. The number of amides is 1. The third kappa shape index (κ3) is 3.68. The van der Waals surface area contributed by atoms with Gasteiger partial charge in [0.15, 0.2) is 0 Å². The van der Waals surface area contributed by atoms with Crippen LogP contribution in [0.2, 0.25) is 0 Å². The van der Waals surface area contributed by atoms with Crippen molar-refractivity contribution in [3.8, 4) is 10.6 Å². The zero-order chi connectivity index (χ0) is 19.7. The number of nitrogens with zero attached hydrogens (tertiary/aromatic N) is 4. The Morgan fingerprint density at radius 3 is 2.70 bits per heavy atom. The van der Waals surface area contributed by atoms with Gasteiger partial charge in [0, 0.05) is 26.2 Å². The molecule has 0 bridgehead atoms. The van der Waals surface area contributed by atoms with Crippen LogP contribution in [0.25, 0.3) is 10.6 Å². The van der Waals surface area contributed by atoms with E-state index in [9.17, 15) is 9.59 Å². The molecule has 3 rings (SSSR count). The van der Waals surface area contributed by atoms with Crippen molar-refractivity contribution in [3.05, 3.63) is 32.2 Å². The van der Waals surface area contributed by atoms with Crippen LogP contribution in [-0.4, -0.2) is 51.2 Å². The summed E-state index contributed by atoms with van der Waals surface area (Å²) in [5.74, 6) is 0.0204. The molecule has 146 valence electrons. The lowest BCUT2D eigenvalue weighted by Crippen LogP contribution is -2.42. The maximum atomic E-state index is 13.3. The number of aromatic nitrogens is 3. The maximum absolute atomic E-state index is 13.3. The predicted octanol–water partition coefficient (Wildman–Crippen LogP) is 2.04. The molecule has 0 saturated carbocycles. The number of nitrogens with one attached hydrogen (secondary N) is 1. The molecule has 3 heterocycles. The minimum absolute atomic E-state index is 0.0204. The van der Waals surface area contributed by atoms with Gasteiger partial charge in [-0.3, -0.25) is 9.59 Å². The molecule has 2 aromatic heterocycles. The zero-order valence-electron chi connectivity index (χ0n) is 16.6. The molecule has 1 fully saturated rings. The summed E-state index contributed by atoms with van der Waals surface area (Å²) in [4.78, 5) is 33.1. The molecule has 1 saturated heterocycles. The van der Waals surface area contributed by atoms with Crippen molar-refractivity contribution >= 4 is 17.2 Å². The van der Waals surface area contributed by atoms with Crippen molar-refractivity contribution in [1.29, 1.82) is 0 Å². The molecule has 0 aliphatic carbocycles. The summed E-state index contributed by atoms with van der Waals surface area (Å²) in [6.07, 6.45) is 1.88. The average Bonchev–Trinajstić information content (AvgIpc) is 3.28. The van der Waals surface area contributed by atoms with Crippen LogP contribution in [-0.2, 0) is 7.05 Å². The van der Waals surface area contributed by atoms with Gasteiger partial charge >= 0.3 is 0 Å². The van der Waals surface area contributed by atoms with E-state index in [4.69, 9.17) is 0 Å². The lowest BCUT2D eigenvalue weighted by Gasteiger charge is -2.27. The largest absolute Gasteiger partial charge is 0.334 e. The van der Waals surface area contributed by atoms with Gasteiger partial charge in [-0.05, 0) is 45.7 Å². The fraction of sp³-hybridized carbons (Fsp3) is 0.579. The Hall–Kier alpha value is -2.06. The molecule has 1 aliphatic rings. The summed E-state index contributed by atoms with van der Waals surface area (Å²) < 4.78 is 1.34. The number of hydrogen-bond acceptors (Lipinski definition) is 6. The first-order valence-corrected chi connectivity index (χ1v) is 10.2. The average molecular weight is 390 g/mol. The van der Waals surface area contributed by atoms with Gasteiger partial charge in [0.2, 0.25) is 0 Å². The van der Waals surface area contributed by atoms with Crippen LogP contribution in [0, 0.1) is 20.8 Å². The second-order valence-corrected chi connectivity index (χ2v) is 8.09. The van der Waals surface area contributed by atoms with Crippen molar-refractivity contribution in [2.24, 2.45) is 7.05 Å². The molecule has 0 radical (unpaired) electrons. The first kappa shape index (κ1) is 19.7. The van der Waals surface area contributed by atoms with E-state index >= 15 is 0 Å². The normalized spacial score (nSPS) is 16.7. The molecular formula is C19H27N5O2S. The SMILES string of the molecule is CCCN(C(=O)c1sc(-c2c(C)c(C)nn(C)c2=O)nc1C)C1CCNC1. The molecule has 1 atom stereocenters.